The van der Waals surface area contributed by atoms with Gasteiger partial charge < -0.3 is 15.7 Å². The van der Waals surface area contributed by atoms with E-state index in [1.54, 1.807) is 31.2 Å². The minimum atomic E-state index is -1.33. The lowest BCUT2D eigenvalue weighted by Crippen LogP contribution is -2.43. The van der Waals surface area contributed by atoms with Gasteiger partial charge in [0, 0.05) is 10.7 Å². The fourth-order valence-electron chi connectivity index (χ4n) is 2.81. The van der Waals surface area contributed by atoms with Gasteiger partial charge in [0.15, 0.2) is 0 Å². The summed E-state index contributed by atoms with van der Waals surface area (Å²) in [4.78, 5) is 24.1. The molecule has 0 aliphatic rings. The summed E-state index contributed by atoms with van der Waals surface area (Å²) >= 11 is 5.79. The Balaban J connectivity index is 1.59. The zero-order valence-corrected chi connectivity index (χ0v) is 16.6. The number of hydrogen-bond acceptors (Lipinski definition) is 3. The molecule has 0 saturated carbocycles. The maximum atomic E-state index is 12.1. The van der Waals surface area contributed by atoms with E-state index >= 15 is 0 Å². The van der Waals surface area contributed by atoms with Gasteiger partial charge in [0.05, 0.1) is 6.54 Å². The van der Waals surface area contributed by atoms with Crippen LogP contribution in [0.5, 0.6) is 0 Å². The van der Waals surface area contributed by atoms with Crippen LogP contribution < -0.4 is 10.6 Å². The van der Waals surface area contributed by atoms with Crippen LogP contribution in [0.2, 0.25) is 5.02 Å². The number of hydrogen-bond donors (Lipinski definition) is 3. The molecular formula is C23H21ClN2O3. The van der Waals surface area contributed by atoms with E-state index in [4.69, 9.17) is 11.6 Å². The quantitative estimate of drug-likeness (QED) is 0.559. The Kier molecular flexibility index (Phi) is 6.32. The fourth-order valence-corrected chi connectivity index (χ4v) is 2.93. The highest BCUT2D eigenvalue weighted by Crippen LogP contribution is 2.24. The topological polar surface area (TPSA) is 78.4 Å². The molecule has 0 bridgehead atoms. The molecule has 0 aromatic heterocycles. The molecule has 0 saturated heterocycles. The number of aliphatic hydroxyl groups is 1. The van der Waals surface area contributed by atoms with Crippen LogP contribution >= 0.6 is 11.6 Å². The molecule has 0 radical (unpaired) electrons. The lowest BCUT2D eigenvalue weighted by Gasteiger charge is -2.24. The van der Waals surface area contributed by atoms with Crippen molar-refractivity contribution in [2.45, 2.75) is 12.5 Å². The van der Waals surface area contributed by atoms with Gasteiger partial charge in [0.25, 0.3) is 0 Å². The first-order chi connectivity index (χ1) is 13.8. The average Bonchev–Trinajstić information content (AvgIpc) is 2.74. The Labute approximate surface area is 174 Å². The van der Waals surface area contributed by atoms with Crippen LogP contribution in [0, 0.1) is 0 Å². The highest BCUT2D eigenvalue weighted by Gasteiger charge is 2.25. The van der Waals surface area contributed by atoms with Crippen molar-refractivity contribution in [3.63, 3.8) is 0 Å². The Morgan fingerprint density at radius 2 is 1.45 bits per heavy atom. The van der Waals surface area contributed by atoms with Gasteiger partial charge in [-0.3, -0.25) is 9.59 Å². The third-order valence-electron chi connectivity index (χ3n) is 4.52. The van der Waals surface area contributed by atoms with Crippen molar-refractivity contribution < 1.29 is 14.7 Å². The smallest absolute Gasteiger partial charge is 0.313 e. The van der Waals surface area contributed by atoms with Gasteiger partial charge in [-0.2, -0.15) is 0 Å². The molecule has 0 spiro atoms. The maximum Gasteiger partial charge on any atom is 0.313 e. The van der Waals surface area contributed by atoms with Crippen molar-refractivity contribution >= 4 is 29.1 Å². The van der Waals surface area contributed by atoms with Crippen LogP contribution in [0.15, 0.2) is 78.9 Å². The number of carbonyl (C=O) groups is 2. The summed E-state index contributed by atoms with van der Waals surface area (Å²) in [7, 11) is 0. The minimum Gasteiger partial charge on any atom is -0.384 e. The highest BCUT2D eigenvalue weighted by atomic mass is 35.5. The molecule has 0 aliphatic carbocycles. The third-order valence-corrected chi connectivity index (χ3v) is 4.77. The first kappa shape index (κ1) is 20.6. The summed E-state index contributed by atoms with van der Waals surface area (Å²) in [5, 5.41) is 16.2. The lowest BCUT2D eigenvalue weighted by atomic mass is 9.93. The van der Waals surface area contributed by atoms with Gasteiger partial charge in [-0.05, 0) is 47.9 Å². The van der Waals surface area contributed by atoms with E-state index in [-0.39, 0.29) is 6.54 Å². The molecule has 0 heterocycles. The lowest BCUT2D eigenvalue weighted by molar-refractivity contribution is -0.136. The van der Waals surface area contributed by atoms with Crippen LogP contribution in [0.3, 0.4) is 0 Å². The second-order valence-corrected chi connectivity index (χ2v) is 7.30. The zero-order chi connectivity index (χ0) is 20.9. The number of carbonyl (C=O) groups excluding carboxylic acids is 2. The fraction of sp³-hybridized carbons (Fsp3) is 0.130. The van der Waals surface area contributed by atoms with E-state index in [0.717, 1.165) is 11.1 Å². The molecule has 5 nitrogen and oxygen atoms in total. The van der Waals surface area contributed by atoms with Crippen LogP contribution in [-0.4, -0.2) is 23.5 Å². The summed E-state index contributed by atoms with van der Waals surface area (Å²) in [6.45, 7) is 1.48. The molecular weight excluding hydrogens is 388 g/mol. The predicted octanol–water partition coefficient (Wildman–Crippen LogP) is 3.97. The molecule has 3 rings (SSSR count). The second kappa shape index (κ2) is 8.90. The van der Waals surface area contributed by atoms with Gasteiger partial charge in [0.2, 0.25) is 0 Å². The molecule has 3 aromatic rings. The van der Waals surface area contributed by atoms with E-state index in [9.17, 15) is 14.7 Å². The van der Waals surface area contributed by atoms with Crippen molar-refractivity contribution in [1.29, 1.82) is 0 Å². The van der Waals surface area contributed by atoms with Crippen molar-refractivity contribution in [1.82, 2.24) is 5.32 Å². The Morgan fingerprint density at radius 1 is 0.862 bits per heavy atom. The summed E-state index contributed by atoms with van der Waals surface area (Å²) in [5.41, 5.74) is 1.86. The van der Waals surface area contributed by atoms with E-state index in [1.165, 1.54) is 0 Å². The summed E-state index contributed by atoms with van der Waals surface area (Å²) in [6.07, 6.45) is 0. The molecule has 0 aliphatic heterocycles. The van der Waals surface area contributed by atoms with Crippen LogP contribution in [0.4, 0.5) is 5.69 Å². The molecule has 29 heavy (non-hydrogen) atoms. The monoisotopic (exact) mass is 408 g/mol. The average molecular weight is 409 g/mol. The normalized spacial score (nSPS) is 12.7. The van der Waals surface area contributed by atoms with Crippen molar-refractivity contribution in [2.75, 3.05) is 11.9 Å². The summed E-state index contributed by atoms with van der Waals surface area (Å²) in [6, 6.07) is 23.7. The summed E-state index contributed by atoms with van der Waals surface area (Å²) < 4.78 is 0. The Bertz CT molecular complexity index is 985. The molecule has 3 aromatic carbocycles. The van der Waals surface area contributed by atoms with Gasteiger partial charge in [-0.1, -0.05) is 66.2 Å². The van der Waals surface area contributed by atoms with Crippen LogP contribution in [0.1, 0.15) is 12.5 Å². The highest BCUT2D eigenvalue weighted by molar-refractivity contribution is 6.39. The number of halogens is 1. The van der Waals surface area contributed by atoms with Crippen LogP contribution in [-0.2, 0) is 15.2 Å². The van der Waals surface area contributed by atoms with Crippen LogP contribution in [0.25, 0.3) is 11.1 Å². The number of nitrogens with one attached hydrogen (secondary N) is 2. The largest absolute Gasteiger partial charge is 0.384 e. The molecule has 1 unspecified atom stereocenters. The first-order valence-electron chi connectivity index (χ1n) is 9.08. The Morgan fingerprint density at radius 3 is 2.07 bits per heavy atom. The molecule has 1 atom stereocenters. The molecule has 0 fully saturated rings. The SMILES string of the molecule is CC(O)(CNC(=O)C(=O)Nc1ccc(Cl)cc1)c1ccc(-c2ccccc2)cc1. The van der Waals surface area contributed by atoms with E-state index in [2.05, 4.69) is 10.6 Å². The number of rotatable bonds is 5. The van der Waals surface area contributed by atoms with Crippen molar-refractivity contribution in [3.05, 3.63) is 89.4 Å². The molecule has 3 N–H and O–H groups in total. The van der Waals surface area contributed by atoms with E-state index < -0.39 is 17.4 Å². The minimum absolute atomic E-state index is 0.107. The molecule has 148 valence electrons. The third kappa shape index (κ3) is 5.44. The van der Waals surface area contributed by atoms with Gasteiger partial charge in [-0.15, -0.1) is 0 Å². The molecule has 2 amide bonds. The van der Waals surface area contributed by atoms with Gasteiger partial charge >= 0.3 is 11.8 Å². The molecule has 6 heteroatoms. The second-order valence-electron chi connectivity index (χ2n) is 6.86. The first-order valence-corrected chi connectivity index (χ1v) is 9.46. The standard InChI is InChI=1S/C23H21ClN2O3/c1-23(29,18-9-7-17(8-10-18)16-5-3-2-4-6-16)15-25-21(27)22(28)26-20-13-11-19(24)12-14-20/h2-14,29H,15H2,1H3,(H,25,27)(H,26,28). The zero-order valence-electron chi connectivity index (χ0n) is 15.9. The van der Waals surface area contributed by atoms with E-state index in [0.29, 0.717) is 16.3 Å². The predicted molar refractivity (Wildman–Crippen MR) is 115 cm³/mol. The van der Waals surface area contributed by atoms with Gasteiger partial charge in [0.1, 0.15) is 5.60 Å². The maximum absolute atomic E-state index is 12.1. The van der Waals surface area contributed by atoms with Crippen molar-refractivity contribution in [2.24, 2.45) is 0 Å². The van der Waals surface area contributed by atoms with Crippen molar-refractivity contribution in [3.8, 4) is 11.1 Å². The van der Waals surface area contributed by atoms with E-state index in [1.807, 2.05) is 54.6 Å². The summed E-state index contributed by atoms with van der Waals surface area (Å²) in [5.74, 6) is -1.65. The van der Waals surface area contributed by atoms with Gasteiger partial charge in [-0.25, -0.2) is 0 Å². The number of amides is 2. The number of anilines is 1. The Hall–Kier alpha value is -3.15. The number of benzene rings is 3.